The van der Waals surface area contributed by atoms with E-state index in [4.69, 9.17) is 9.40 Å². The Bertz CT molecular complexity index is 1470. The summed E-state index contributed by atoms with van der Waals surface area (Å²) in [4.78, 5) is 9.28. The molecule has 4 heterocycles. The lowest BCUT2D eigenvalue weighted by Crippen LogP contribution is -2.59. The summed E-state index contributed by atoms with van der Waals surface area (Å²) in [6.07, 6.45) is 2.96. The lowest BCUT2D eigenvalue weighted by molar-refractivity contribution is -0.137. The minimum Gasteiger partial charge on any atom is -0.423 e. The van der Waals surface area contributed by atoms with Gasteiger partial charge in [-0.2, -0.15) is 18.4 Å². The van der Waals surface area contributed by atoms with Gasteiger partial charge in [-0.25, -0.2) is 4.98 Å². The average molecular weight is 565 g/mol. The van der Waals surface area contributed by atoms with Gasteiger partial charge in [-0.3, -0.25) is 0 Å². The van der Waals surface area contributed by atoms with E-state index >= 15 is 0 Å². The van der Waals surface area contributed by atoms with Crippen molar-refractivity contribution in [2.75, 3.05) is 29.4 Å². The third-order valence-corrected chi connectivity index (χ3v) is 8.79. The number of anilines is 2. The molecule has 0 bridgehead atoms. The van der Waals surface area contributed by atoms with Gasteiger partial charge in [0.2, 0.25) is 5.82 Å². The van der Waals surface area contributed by atoms with E-state index in [1.807, 2.05) is 24.3 Å². The monoisotopic (exact) mass is 564 g/mol. The van der Waals surface area contributed by atoms with Crippen molar-refractivity contribution in [2.45, 2.75) is 56.4 Å². The van der Waals surface area contributed by atoms with E-state index in [0.29, 0.717) is 36.1 Å². The highest BCUT2D eigenvalue weighted by molar-refractivity contribution is 5.66. The van der Waals surface area contributed by atoms with Gasteiger partial charge >= 0.3 is 6.18 Å². The number of piperidine rings is 1. The van der Waals surface area contributed by atoms with Crippen LogP contribution in [0.5, 0.6) is 0 Å². The third-order valence-electron chi connectivity index (χ3n) is 8.79. The minimum absolute atomic E-state index is 0.121. The summed E-state index contributed by atoms with van der Waals surface area (Å²) in [6.45, 7) is 2.30. The number of hydrogen-bond acceptors (Lipinski definition) is 8. The summed E-state index contributed by atoms with van der Waals surface area (Å²) in [5.74, 6) is 1.66. The van der Waals surface area contributed by atoms with Crippen LogP contribution in [0, 0.1) is 5.92 Å². The maximum atomic E-state index is 13.1. The van der Waals surface area contributed by atoms with Crippen molar-refractivity contribution in [3.63, 3.8) is 0 Å². The average Bonchev–Trinajstić information content (AvgIpc) is 3.67. The molecular formula is C29H31F3N8O. The van der Waals surface area contributed by atoms with Gasteiger partial charge < -0.3 is 19.5 Å². The van der Waals surface area contributed by atoms with Crippen molar-refractivity contribution in [3.8, 4) is 22.7 Å². The molecule has 3 aliphatic rings. The van der Waals surface area contributed by atoms with E-state index in [9.17, 15) is 13.2 Å². The number of tetrazole rings is 1. The number of benzene rings is 2. The molecule has 41 heavy (non-hydrogen) atoms. The zero-order valence-corrected chi connectivity index (χ0v) is 22.4. The van der Waals surface area contributed by atoms with Crippen LogP contribution in [0.2, 0.25) is 0 Å². The number of halogens is 3. The Morgan fingerprint density at radius 3 is 2.56 bits per heavy atom. The molecular weight excluding hydrogens is 533 g/mol. The topological polar surface area (TPSA) is 99.0 Å². The number of aromatic nitrogens is 5. The zero-order valence-electron chi connectivity index (χ0n) is 22.4. The lowest BCUT2D eigenvalue weighted by atomic mass is 9.84. The fraction of sp³-hybridized carbons (Fsp3) is 0.448. The quantitative estimate of drug-likeness (QED) is 0.351. The fourth-order valence-corrected chi connectivity index (χ4v) is 6.73. The molecule has 1 saturated carbocycles. The Morgan fingerprint density at radius 1 is 0.927 bits per heavy atom. The van der Waals surface area contributed by atoms with Crippen LogP contribution >= 0.6 is 0 Å². The summed E-state index contributed by atoms with van der Waals surface area (Å²) < 4.78 is 45.8. The van der Waals surface area contributed by atoms with Crippen LogP contribution in [0.25, 0.3) is 22.7 Å². The van der Waals surface area contributed by atoms with Crippen molar-refractivity contribution in [1.29, 1.82) is 0 Å². The molecule has 2 aromatic heterocycles. The van der Waals surface area contributed by atoms with E-state index in [0.717, 1.165) is 49.2 Å². The fourth-order valence-electron chi connectivity index (χ4n) is 6.73. The summed E-state index contributed by atoms with van der Waals surface area (Å²) >= 11 is 0. The van der Waals surface area contributed by atoms with Crippen LogP contribution in [0.1, 0.15) is 37.7 Å². The van der Waals surface area contributed by atoms with E-state index in [2.05, 4.69) is 35.7 Å². The van der Waals surface area contributed by atoms with Crippen molar-refractivity contribution >= 4 is 11.7 Å². The first-order valence-electron chi connectivity index (χ1n) is 14.2. The lowest BCUT2D eigenvalue weighted by Gasteiger charge is -2.43. The maximum absolute atomic E-state index is 13.1. The van der Waals surface area contributed by atoms with Gasteiger partial charge in [0.25, 0.3) is 6.01 Å². The molecule has 12 heteroatoms. The molecule has 4 unspecified atom stereocenters. The molecule has 2 saturated heterocycles. The van der Waals surface area contributed by atoms with Crippen molar-refractivity contribution in [1.82, 2.24) is 30.9 Å². The SMILES string of the molecule is FC(F)(F)c1ccc(N2CCC3C(C2)NC2CCCCC2CN3c2ncc(-c3cccc(-c4nn[nH]n4)c3)o2)cc1. The summed E-state index contributed by atoms with van der Waals surface area (Å²) in [7, 11) is 0. The van der Waals surface area contributed by atoms with Crippen molar-refractivity contribution in [2.24, 2.45) is 5.92 Å². The van der Waals surface area contributed by atoms with Gasteiger partial charge in [0.1, 0.15) is 0 Å². The number of aromatic amines is 1. The maximum Gasteiger partial charge on any atom is 0.416 e. The molecule has 214 valence electrons. The number of oxazole rings is 1. The van der Waals surface area contributed by atoms with Crippen LogP contribution in [-0.2, 0) is 6.18 Å². The first-order chi connectivity index (χ1) is 19.9. The predicted molar refractivity (Wildman–Crippen MR) is 147 cm³/mol. The molecule has 9 nitrogen and oxygen atoms in total. The number of H-pyrrole nitrogens is 1. The van der Waals surface area contributed by atoms with Gasteiger partial charge in [0.15, 0.2) is 5.76 Å². The molecule has 0 spiro atoms. The molecule has 1 aliphatic carbocycles. The number of hydrogen-bond donors (Lipinski definition) is 2. The predicted octanol–water partition coefficient (Wildman–Crippen LogP) is 5.16. The Hall–Kier alpha value is -3.93. The zero-order chi connectivity index (χ0) is 28.0. The Balaban J connectivity index is 1.15. The molecule has 2 N–H and O–H groups in total. The van der Waals surface area contributed by atoms with Crippen LogP contribution in [0.4, 0.5) is 24.9 Å². The van der Waals surface area contributed by atoms with Gasteiger partial charge in [0.05, 0.1) is 17.8 Å². The molecule has 3 fully saturated rings. The van der Waals surface area contributed by atoms with Crippen LogP contribution in [-0.4, -0.2) is 63.4 Å². The highest BCUT2D eigenvalue weighted by atomic mass is 19.4. The van der Waals surface area contributed by atoms with Gasteiger partial charge in [0, 0.05) is 48.5 Å². The minimum atomic E-state index is -4.34. The second kappa shape index (κ2) is 10.5. The van der Waals surface area contributed by atoms with E-state index in [-0.39, 0.29) is 12.1 Å². The number of rotatable bonds is 4. The molecule has 0 radical (unpaired) electrons. The number of nitrogens with zero attached hydrogens (tertiary/aromatic N) is 6. The van der Waals surface area contributed by atoms with E-state index in [1.165, 1.54) is 25.0 Å². The van der Waals surface area contributed by atoms with Gasteiger partial charge in [-0.05, 0) is 60.7 Å². The number of fused-ring (bicyclic) bond motifs is 2. The molecule has 4 aromatic rings. The van der Waals surface area contributed by atoms with Crippen molar-refractivity contribution in [3.05, 3.63) is 60.3 Å². The second-order valence-corrected chi connectivity index (χ2v) is 11.2. The summed E-state index contributed by atoms with van der Waals surface area (Å²) in [6, 6.07) is 14.6. The second-order valence-electron chi connectivity index (χ2n) is 11.2. The Morgan fingerprint density at radius 2 is 1.76 bits per heavy atom. The standard InChI is InChI=1S/C29H31F3N8O/c30-29(31,32)21-8-10-22(11-9-21)39-13-12-25-24(17-39)34-23-7-2-1-4-20(23)16-40(25)28-33-15-26(41-28)18-5-3-6-19(14-18)27-35-37-38-36-27/h3,5-6,8-11,14-15,20,23-25,34H,1-2,4,7,12-13,16-17H2,(H,35,36,37,38). The Kier molecular flexibility index (Phi) is 6.64. The van der Waals surface area contributed by atoms with E-state index < -0.39 is 11.7 Å². The van der Waals surface area contributed by atoms with Gasteiger partial charge in [-0.1, -0.05) is 31.0 Å². The summed E-state index contributed by atoms with van der Waals surface area (Å²) in [5, 5.41) is 18.2. The molecule has 4 atom stereocenters. The van der Waals surface area contributed by atoms with Crippen molar-refractivity contribution < 1.29 is 17.6 Å². The van der Waals surface area contributed by atoms with Crippen LogP contribution in [0.15, 0.2) is 59.1 Å². The van der Waals surface area contributed by atoms with Gasteiger partial charge in [-0.15, -0.1) is 10.2 Å². The first kappa shape index (κ1) is 26.0. The molecule has 7 rings (SSSR count). The Labute approximate surface area is 235 Å². The highest BCUT2D eigenvalue weighted by Gasteiger charge is 2.43. The van der Waals surface area contributed by atoms with E-state index in [1.54, 1.807) is 18.3 Å². The number of nitrogens with one attached hydrogen (secondary N) is 2. The molecule has 2 aromatic carbocycles. The highest BCUT2D eigenvalue weighted by Crippen LogP contribution is 2.37. The normalized spacial score (nSPS) is 25.0. The third kappa shape index (κ3) is 5.16. The van der Waals surface area contributed by atoms with Crippen LogP contribution < -0.4 is 15.1 Å². The summed E-state index contributed by atoms with van der Waals surface area (Å²) in [5.41, 5.74) is 1.90. The largest absolute Gasteiger partial charge is 0.423 e. The number of alkyl halides is 3. The first-order valence-corrected chi connectivity index (χ1v) is 14.2. The molecule has 0 amide bonds. The molecule has 2 aliphatic heterocycles. The smallest absolute Gasteiger partial charge is 0.416 e. The van der Waals surface area contributed by atoms with Crippen LogP contribution in [0.3, 0.4) is 0 Å².